The highest BCUT2D eigenvalue weighted by Crippen LogP contribution is 2.44. The van der Waals surface area contributed by atoms with Gasteiger partial charge in [-0.25, -0.2) is 9.78 Å². The number of hydrogen-bond acceptors (Lipinski definition) is 5. The van der Waals surface area contributed by atoms with E-state index in [2.05, 4.69) is 34.6 Å². The average molecular weight is 404 g/mol. The van der Waals surface area contributed by atoms with E-state index in [1.807, 2.05) is 41.8 Å². The first-order valence-electron chi connectivity index (χ1n) is 9.42. The summed E-state index contributed by atoms with van der Waals surface area (Å²) in [5, 5.41) is 5.05. The fourth-order valence-corrected chi connectivity index (χ4v) is 4.13. The number of nitrogens with zero attached hydrogens (tertiary/aromatic N) is 1. The molecule has 2 aromatic carbocycles. The third-order valence-electron chi connectivity index (χ3n) is 4.85. The van der Waals surface area contributed by atoms with Gasteiger partial charge < -0.3 is 10.1 Å². The molecule has 0 saturated heterocycles. The van der Waals surface area contributed by atoms with Gasteiger partial charge in [-0.3, -0.25) is 4.79 Å². The van der Waals surface area contributed by atoms with Gasteiger partial charge in [-0.05, 0) is 34.8 Å². The Morgan fingerprint density at radius 2 is 1.79 bits per heavy atom. The summed E-state index contributed by atoms with van der Waals surface area (Å²) in [6, 6.07) is 16.5. The molecule has 29 heavy (non-hydrogen) atoms. The first-order valence-corrected chi connectivity index (χ1v) is 10.3. The molecule has 0 fully saturated rings. The van der Waals surface area contributed by atoms with E-state index in [0.717, 1.165) is 12.0 Å². The molecule has 146 valence electrons. The molecule has 6 heteroatoms. The average Bonchev–Trinajstić information content (AvgIpc) is 3.34. The lowest BCUT2D eigenvalue weighted by Gasteiger charge is -2.14. The van der Waals surface area contributed by atoms with Crippen molar-refractivity contribution in [2.45, 2.75) is 12.3 Å². The fraction of sp³-hybridized carbons (Fsp3) is 0.174. The lowest BCUT2D eigenvalue weighted by molar-refractivity contribution is 0.112. The fourth-order valence-electron chi connectivity index (χ4n) is 3.54. The van der Waals surface area contributed by atoms with Crippen molar-refractivity contribution in [3.8, 4) is 11.1 Å². The zero-order chi connectivity index (χ0) is 20.1. The summed E-state index contributed by atoms with van der Waals surface area (Å²) >= 11 is 1.31. The van der Waals surface area contributed by atoms with Crippen LogP contribution in [0.15, 0.2) is 60.0 Å². The van der Waals surface area contributed by atoms with Crippen molar-refractivity contribution in [3.05, 3.63) is 81.8 Å². The van der Waals surface area contributed by atoms with E-state index < -0.39 is 6.09 Å². The lowest BCUT2D eigenvalue weighted by atomic mass is 9.98. The van der Waals surface area contributed by atoms with Crippen LogP contribution in [0.3, 0.4) is 0 Å². The molecule has 0 bridgehead atoms. The van der Waals surface area contributed by atoms with Crippen LogP contribution in [-0.4, -0.2) is 30.5 Å². The van der Waals surface area contributed by atoms with Crippen LogP contribution in [0.2, 0.25) is 0 Å². The van der Waals surface area contributed by atoms with Crippen LogP contribution in [0.4, 0.5) is 4.79 Å². The number of fused-ring (bicyclic) bond motifs is 3. The highest BCUT2D eigenvalue weighted by Gasteiger charge is 2.28. The van der Waals surface area contributed by atoms with Crippen LogP contribution in [0, 0.1) is 0 Å². The number of ether oxygens (including phenoxy) is 1. The number of aldehydes is 1. The molecule has 0 saturated carbocycles. The largest absolute Gasteiger partial charge is 0.449 e. The molecule has 1 aliphatic carbocycles. The molecule has 0 aliphatic heterocycles. The first-order chi connectivity index (χ1) is 14.3. The number of amides is 1. The van der Waals surface area contributed by atoms with E-state index in [4.69, 9.17) is 4.74 Å². The molecule has 0 radical (unpaired) electrons. The van der Waals surface area contributed by atoms with Crippen LogP contribution in [0.1, 0.15) is 39.0 Å². The van der Waals surface area contributed by atoms with Crippen molar-refractivity contribution in [1.29, 1.82) is 0 Å². The Hall–Kier alpha value is -3.25. The summed E-state index contributed by atoms with van der Waals surface area (Å²) in [6.07, 6.45) is 4.71. The number of rotatable bonds is 7. The molecular weight excluding hydrogens is 384 g/mol. The Morgan fingerprint density at radius 3 is 2.45 bits per heavy atom. The summed E-state index contributed by atoms with van der Waals surface area (Å²) in [4.78, 5) is 26.8. The van der Waals surface area contributed by atoms with Crippen LogP contribution in [0.25, 0.3) is 17.2 Å². The summed E-state index contributed by atoms with van der Waals surface area (Å²) < 4.78 is 5.50. The highest BCUT2D eigenvalue weighted by molar-refractivity contribution is 7.11. The van der Waals surface area contributed by atoms with Crippen molar-refractivity contribution < 1.29 is 14.3 Å². The normalized spacial score (nSPS) is 12.6. The molecule has 1 N–H and O–H groups in total. The van der Waals surface area contributed by atoms with Gasteiger partial charge in [0.15, 0.2) is 11.3 Å². The third-order valence-corrected chi connectivity index (χ3v) is 5.64. The van der Waals surface area contributed by atoms with Crippen molar-refractivity contribution in [3.63, 3.8) is 0 Å². The summed E-state index contributed by atoms with van der Waals surface area (Å²) in [5.41, 5.74) is 5.56. The topological polar surface area (TPSA) is 68.3 Å². The lowest BCUT2D eigenvalue weighted by Crippen LogP contribution is -2.26. The van der Waals surface area contributed by atoms with Crippen molar-refractivity contribution in [2.24, 2.45) is 0 Å². The van der Waals surface area contributed by atoms with Crippen LogP contribution < -0.4 is 5.32 Å². The third kappa shape index (κ3) is 4.27. The van der Waals surface area contributed by atoms with E-state index in [0.29, 0.717) is 24.6 Å². The Kier molecular flexibility index (Phi) is 5.81. The van der Waals surface area contributed by atoms with Gasteiger partial charge in [0.25, 0.3) is 0 Å². The van der Waals surface area contributed by atoms with E-state index in [-0.39, 0.29) is 5.92 Å². The van der Waals surface area contributed by atoms with Gasteiger partial charge >= 0.3 is 6.09 Å². The molecule has 3 aromatic rings. The zero-order valence-electron chi connectivity index (χ0n) is 15.7. The Labute approximate surface area is 173 Å². The monoisotopic (exact) mass is 404 g/mol. The van der Waals surface area contributed by atoms with Gasteiger partial charge in [-0.2, -0.15) is 0 Å². The number of carbonyl (C=O) groups excluding carboxylic acids is 2. The first kappa shape index (κ1) is 19.1. The van der Waals surface area contributed by atoms with Gasteiger partial charge in [0.1, 0.15) is 6.61 Å². The number of thiazole rings is 1. The minimum Gasteiger partial charge on any atom is -0.449 e. The molecule has 0 atom stereocenters. The molecule has 0 unspecified atom stereocenters. The molecule has 4 rings (SSSR count). The second-order valence-corrected chi connectivity index (χ2v) is 7.56. The van der Waals surface area contributed by atoms with Crippen molar-refractivity contribution >= 4 is 29.8 Å². The SMILES string of the molecule is O=Cc1nc(C=CCCNC(=O)OCC2c3ccccc3-c3ccccc32)cs1. The molecule has 1 aliphatic rings. The second-order valence-electron chi connectivity index (χ2n) is 6.67. The van der Waals surface area contributed by atoms with E-state index >= 15 is 0 Å². The van der Waals surface area contributed by atoms with Crippen molar-refractivity contribution in [1.82, 2.24) is 10.3 Å². The number of aromatic nitrogens is 1. The van der Waals surface area contributed by atoms with E-state index in [9.17, 15) is 9.59 Å². The van der Waals surface area contributed by atoms with E-state index in [1.165, 1.54) is 33.6 Å². The number of alkyl carbamates (subject to hydrolysis) is 1. The quantitative estimate of drug-likeness (QED) is 0.449. The molecule has 1 aromatic heterocycles. The number of carbonyl (C=O) groups is 2. The van der Waals surface area contributed by atoms with Crippen LogP contribution in [0.5, 0.6) is 0 Å². The molecule has 5 nitrogen and oxygen atoms in total. The minimum absolute atomic E-state index is 0.0599. The molecule has 1 amide bonds. The van der Waals surface area contributed by atoms with Crippen molar-refractivity contribution in [2.75, 3.05) is 13.2 Å². The Morgan fingerprint density at radius 1 is 1.10 bits per heavy atom. The number of hydrogen-bond donors (Lipinski definition) is 1. The van der Waals surface area contributed by atoms with Gasteiger partial charge in [0.05, 0.1) is 5.69 Å². The van der Waals surface area contributed by atoms with Gasteiger partial charge in [-0.15, -0.1) is 11.3 Å². The van der Waals surface area contributed by atoms with E-state index in [1.54, 1.807) is 0 Å². The van der Waals surface area contributed by atoms with Gasteiger partial charge in [-0.1, -0.05) is 54.6 Å². The summed E-state index contributed by atoms with van der Waals surface area (Å²) in [7, 11) is 0. The molecular formula is C23H20N2O3S. The number of benzene rings is 2. The Balaban J connectivity index is 1.27. The standard InChI is InChI=1S/C23H20N2O3S/c26-13-22-25-16(15-29-22)7-5-6-12-24-23(27)28-14-21-19-10-3-1-8-17(19)18-9-2-4-11-20(18)21/h1-5,7-11,13,15,21H,6,12,14H2,(H,24,27). The second kappa shape index (κ2) is 8.84. The zero-order valence-corrected chi connectivity index (χ0v) is 16.5. The maximum atomic E-state index is 12.1. The summed E-state index contributed by atoms with van der Waals surface area (Å²) in [6.45, 7) is 0.779. The molecule has 0 spiro atoms. The number of nitrogens with one attached hydrogen (secondary N) is 1. The molecule has 1 heterocycles. The minimum atomic E-state index is -0.419. The van der Waals surface area contributed by atoms with Gasteiger partial charge in [0.2, 0.25) is 0 Å². The Bertz CT molecular complexity index is 1010. The maximum absolute atomic E-state index is 12.1. The van der Waals surface area contributed by atoms with Crippen LogP contribution in [-0.2, 0) is 4.74 Å². The maximum Gasteiger partial charge on any atom is 0.407 e. The predicted octanol–water partition coefficient (Wildman–Crippen LogP) is 4.90. The predicted molar refractivity (Wildman–Crippen MR) is 114 cm³/mol. The summed E-state index contributed by atoms with van der Waals surface area (Å²) in [5.74, 6) is 0.0599. The highest BCUT2D eigenvalue weighted by atomic mass is 32.1. The smallest absolute Gasteiger partial charge is 0.407 e. The van der Waals surface area contributed by atoms with Gasteiger partial charge in [0, 0.05) is 17.8 Å². The van der Waals surface area contributed by atoms with Crippen LogP contribution >= 0.6 is 11.3 Å².